The fourth-order valence-electron chi connectivity index (χ4n) is 9.36. The topological polar surface area (TPSA) is 4.93 Å². The van der Waals surface area contributed by atoms with E-state index in [0.29, 0.717) is 0 Å². The van der Waals surface area contributed by atoms with Crippen molar-refractivity contribution in [3.63, 3.8) is 0 Å². The van der Waals surface area contributed by atoms with Crippen molar-refractivity contribution < 1.29 is 0 Å². The fraction of sp³-hybridized carbons (Fsp3) is 0. The molecule has 62 heavy (non-hydrogen) atoms. The zero-order chi connectivity index (χ0) is 41.0. The zero-order valence-electron chi connectivity index (χ0n) is 33.9. The van der Waals surface area contributed by atoms with Crippen LogP contribution >= 0.6 is 0 Å². The Morgan fingerprint density at radius 3 is 1.18 bits per heavy atom. The third-order valence-corrected chi connectivity index (χ3v) is 15.1. The van der Waals surface area contributed by atoms with E-state index in [1.165, 1.54) is 108 Å². The molecule has 0 aliphatic carbocycles. The van der Waals surface area contributed by atoms with Crippen molar-refractivity contribution in [1.29, 1.82) is 0 Å². The SMILES string of the molecule is c1ccc(-c2ccc(-c3cc(-c4ccc5c(c4)c4cc(-c6ccccc6)ccc4n5-c4ccccc4)cc(-c4cccc5c4[se]c4c(-c6ccccc6)cccc45)c3)cc2)cc1. The first-order chi connectivity index (χ1) is 30.7. The van der Waals surface area contributed by atoms with Gasteiger partial charge in [0.15, 0.2) is 0 Å². The van der Waals surface area contributed by atoms with E-state index in [-0.39, 0.29) is 14.5 Å². The molecule has 0 atom stereocenters. The van der Waals surface area contributed by atoms with Crippen LogP contribution in [0.15, 0.2) is 237 Å². The molecule has 0 unspecified atom stereocenters. The van der Waals surface area contributed by atoms with Crippen molar-refractivity contribution >= 4 is 55.6 Å². The van der Waals surface area contributed by atoms with E-state index in [4.69, 9.17) is 0 Å². The standard InChI is InChI=1S/C60H39NSe/c1-5-15-40(16-6-1)42-27-29-43(30-28-42)47-35-48(37-49(36-47)52-24-14-26-54-53-25-13-23-51(59(53)62-60(52)54)44-19-9-3-10-20-44)46-32-34-58-56(39-46)55-38-45(41-17-7-2-8-18-41)31-33-57(55)61(58)50-21-11-4-12-22-50/h1-39H. The number of benzene rings is 10. The monoisotopic (exact) mass is 853 g/mol. The van der Waals surface area contributed by atoms with E-state index in [9.17, 15) is 0 Å². The van der Waals surface area contributed by atoms with Crippen LogP contribution in [-0.4, -0.2) is 19.1 Å². The predicted octanol–water partition coefficient (Wildman–Crippen LogP) is 16.1. The Bertz CT molecular complexity index is 3580. The van der Waals surface area contributed by atoms with Crippen molar-refractivity contribution in [2.75, 3.05) is 0 Å². The molecule has 0 spiro atoms. The van der Waals surface area contributed by atoms with Crippen molar-refractivity contribution in [3.8, 4) is 72.4 Å². The van der Waals surface area contributed by atoms with Crippen molar-refractivity contribution in [3.05, 3.63) is 237 Å². The summed E-state index contributed by atoms with van der Waals surface area (Å²) < 4.78 is 5.34. The second-order valence-corrected chi connectivity index (χ2v) is 18.2. The molecule has 2 aromatic heterocycles. The molecule has 0 radical (unpaired) electrons. The number of para-hydroxylation sites is 1. The Kier molecular flexibility index (Phi) is 8.92. The molecule has 0 amide bonds. The van der Waals surface area contributed by atoms with Gasteiger partial charge >= 0.3 is 315 Å². The molecule has 0 N–H and O–H groups in total. The van der Waals surface area contributed by atoms with Crippen molar-refractivity contribution in [2.45, 2.75) is 0 Å². The normalized spacial score (nSPS) is 11.5. The molecule has 12 rings (SSSR count). The zero-order valence-corrected chi connectivity index (χ0v) is 35.6. The van der Waals surface area contributed by atoms with Gasteiger partial charge in [0.2, 0.25) is 0 Å². The Labute approximate surface area is 367 Å². The van der Waals surface area contributed by atoms with Crippen LogP contribution in [0.5, 0.6) is 0 Å². The maximum absolute atomic E-state index is 2.43. The predicted molar refractivity (Wildman–Crippen MR) is 265 cm³/mol. The van der Waals surface area contributed by atoms with Crippen LogP contribution < -0.4 is 0 Å². The molecule has 1 nitrogen and oxygen atoms in total. The van der Waals surface area contributed by atoms with Gasteiger partial charge in [-0.25, -0.2) is 0 Å². The van der Waals surface area contributed by atoms with Crippen molar-refractivity contribution in [2.24, 2.45) is 0 Å². The Morgan fingerprint density at radius 2 is 0.629 bits per heavy atom. The van der Waals surface area contributed by atoms with Gasteiger partial charge in [-0.05, 0) is 0 Å². The van der Waals surface area contributed by atoms with Crippen LogP contribution in [0.4, 0.5) is 0 Å². The summed E-state index contributed by atoms with van der Waals surface area (Å²) in [5.74, 6) is 0. The molecule has 290 valence electrons. The number of nitrogens with zero attached hydrogens (tertiary/aromatic N) is 1. The molecule has 0 saturated heterocycles. The molecule has 2 heteroatoms. The van der Waals surface area contributed by atoms with Gasteiger partial charge in [0.25, 0.3) is 0 Å². The summed E-state index contributed by atoms with van der Waals surface area (Å²) in [4.78, 5) is 0. The van der Waals surface area contributed by atoms with Crippen LogP contribution in [0.25, 0.3) is 114 Å². The first-order valence-corrected chi connectivity index (χ1v) is 23.0. The summed E-state index contributed by atoms with van der Waals surface area (Å²) in [5.41, 5.74) is 18.4. The fourth-order valence-corrected chi connectivity index (χ4v) is 12.2. The molecule has 0 aliphatic rings. The van der Waals surface area contributed by atoms with Crippen LogP contribution in [-0.2, 0) is 0 Å². The summed E-state index contributed by atoms with van der Waals surface area (Å²) >= 11 is 0.135. The summed E-state index contributed by atoms with van der Waals surface area (Å²) in [5, 5.41) is 5.21. The van der Waals surface area contributed by atoms with Gasteiger partial charge in [0.05, 0.1) is 0 Å². The number of fused-ring (bicyclic) bond motifs is 6. The van der Waals surface area contributed by atoms with Gasteiger partial charge < -0.3 is 0 Å². The van der Waals surface area contributed by atoms with Crippen LogP contribution in [0.1, 0.15) is 0 Å². The molecule has 0 saturated carbocycles. The van der Waals surface area contributed by atoms with E-state index in [1.54, 1.807) is 0 Å². The van der Waals surface area contributed by atoms with Gasteiger partial charge in [-0.1, -0.05) is 54.6 Å². The van der Waals surface area contributed by atoms with E-state index < -0.39 is 0 Å². The third kappa shape index (κ3) is 6.32. The average molecular weight is 853 g/mol. The third-order valence-electron chi connectivity index (χ3n) is 12.4. The second kappa shape index (κ2) is 15.2. The summed E-state index contributed by atoms with van der Waals surface area (Å²) in [6, 6.07) is 87.1. The molecule has 12 aromatic rings. The van der Waals surface area contributed by atoms with E-state index in [2.05, 4.69) is 241 Å². The van der Waals surface area contributed by atoms with E-state index in [1.807, 2.05) is 0 Å². The first-order valence-electron chi connectivity index (χ1n) is 21.2. The van der Waals surface area contributed by atoms with Gasteiger partial charge in [0.1, 0.15) is 0 Å². The van der Waals surface area contributed by atoms with Crippen LogP contribution in [0, 0.1) is 0 Å². The summed E-state index contributed by atoms with van der Waals surface area (Å²) in [6.07, 6.45) is 0. The second-order valence-electron chi connectivity index (χ2n) is 16.1. The average Bonchev–Trinajstić information content (AvgIpc) is 3.90. The summed E-state index contributed by atoms with van der Waals surface area (Å²) in [7, 11) is 0. The van der Waals surface area contributed by atoms with Gasteiger partial charge in [-0.15, -0.1) is 0 Å². The van der Waals surface area contributed by atoms with Gasteiger partial charge in [-0.2, -0.15) is 0 Å². The molecule has 2 heterocycles. The van der Waals surface area contributed by atoms with Gasteiger partial charge in [0, 0.05) is 0 Å². The minimum atomic E-state index is 0.135. The molecule has 10 aromatic carbocycles. The summed E-state index contributed by atoms with van der Waals surface area (Å²) in [6.45, 7) is 0. The van der Waals surface area contributed by atoms with Crippen molar-refractivity contribution in [1.82, 2.24) is 4.57 Å². The first kappa shape index (κ1) is 36.4. The number of hydrogen-bond acceptors (Lipinski definition) is 0. The molecule has 0 aliphatic heterocycles. The maximum atomic E-state index is 2.43. The number of rotatable bonds is 7. The van der Waals surface area contributed by atoms with Crippen LogP contribution in [0.2, 0.25) is 0 Å². The molecular formula is C60H39NSe. The molecule has 0 fully saturated rings. The Hall–Kier alpha value is -7.48. The van der Waals surface area contributed by atoms with Gasteiger partial charge in [-0.3, -0.25) is 0 Å². The number of hydrogen-bond donors (Lipinski definition) is 0. The Morgan fingerprint density at radius 1 is 0.242 bits per heavy atom. The number of aromatic nitrogens is 1. The van der Waals surface area contributed by atoms with E-state index >= 15 is 0 Å². The quantitative estimate of drug-likeness (QED) is 0.141. The van der Waals surface area contributed by atoms with Crippen LogP contribution in [0.3, 0.4) is 0 Å². The Balaban J connectivity index is 1.07. The minimum absolute atomic E-state index is 0.135. The van der Waals surface area contributed by atoms with E-state index in [0.717, 1.165) is 5.69 Å². The molecular weight excluding hydrogens is 814 g/mol. The molecule has 0 bridgehead atoms.